The number of para-hydroxylation sites is 1. The van der Waals surface area contributed by atoms with Gasteiger partial charge in [0, 0.05) is 26.2 Å². The second kappa shape index (κ2) is 10.4. The zero-order valence-electron chi connectivity index (χ0n) is 19.6. The molecule has 1 amide bonds. The smallest absolute Gasteiger partial charge is 0.264 e. The van der Waals surface area contributed by atoms with E-state index in [0.29, 0.717) is 0 Å². The average Bonchev–Trinajstić information content (AvgIpc) is 2.88. The van der Waals surface area contributed by atoms with Gasteiger partial charge in [-0.25, -0.2) is 21.2 Å². The van der Waals surface area contributed by atoms with Crippen molar-refractivity contribution in [2.45, 2.75) is 16.7 Å². The van der Waals surface area contributed by atoms with Gasteiger partial charge in [-0.1, -0.05) is 35.9 Å². The van der Waals surface area contributed by atoms with Crippen LogP contribution in [0.4, 0.5) is 10.1 Å². The van der Waals surface area contributed by atoms with Crippen LogP contribution in [0.5, 0.6) is 0 Å². The Balaban J connectivity index is 1.50. The fourth-order valence-corrected chi connectivity index (χ4v) is 6.74. The third-order valence-electron chi connectivity index (χ3n) is 5.97. The standard InChI is InChI=1S/C25H26FN3O5S2/c1-20-7-11-23(12-8-20)35(31,32)28-17-15-27(16-18-28)25(30)19-29(22-5-3-2-4-6-22)36(33,34)24-13-9-21(26)10-14-24/h2-14H,15-19H2,1H3. The van der Waals surface area contributed by atoms with Crippen LogP contribution in [-0.4, -0.2) is 64.7 Å². The number of carbonyl (C=O) groups excluding carboxylic acids is 1. The van der Waals surface area contributed by atoms with Gasteiger partial charge in [-0.15, -0.1) is 0 Å². The Labute approximate surface area is 210 Å². The molecule has 0 saturated carbocycles. The SMILES string of the molecule is Cc1ccc(S(=O)(=O)N2CCN(C(=O)CN(c3ccccc3)S(=O)(=O)c3ccc(F)cc3)CC2)cc1. The first kappa shape index (κ1) is 25.8. The normalized spacial score (nSPS) is 15.0. The number of piperazine rings is 1. The van der Waals surface area contributed by atoms with E-state index in [9.17, 15) is 26.0 Å². The molecule has 0 N–H and O–H groups in total. The molecule has 0 spiro atoms. The topological polar surface area (TPSA) is 95.1 Å². The van der Waals surface area contributed by atoms with E-state index in [4.69, 9.17) is 0 Å². The molecule has 0 atom stereocenters. The maximum Gasteiger partial charge on any atom is 0.264 e. The average molecular weight is 532 g/mol. The summed E-state index contributed by atoms with van der Waals surface area (Å²) in [6.45, 7) is 1.84. The highest BCUT2D eigenvalue weighted by Gasteiger charge is 2.33. The van der Waals surface area contributed by atoms with Gasteiger partial charge in [0.1, 0.15) is 12.4 Å². The Morgan fingerprint density at radius 3 is 1.94 bits per heavy atom. The molecule has 1 heterocycles. The number of aryl methyl sites for hydroxylation is 1. The number of anilines is 1. The molecular weight excluding hydrogens is 505 g/mol. The van der Waals surface area contributed by atoms with Gasteiger partial charge in [-0.2, -0.15) is 4.31 Å². The minimum Gasteiger partial charge on any atom is -0.338 e. The number of rotatable bonds is 7. The first-order valence-electron chi connectivity index (χ1n) is 11.3. The lowest BCUT2D eigenvalue weighted by atomic mass is 10.2. The molecule has 190 valence electrons. The van der Waals surface area contributed by atoms with E-state index in [-0.39, 0.29) is 41.7 Å². The minimum atomic E-state index is -4.17. The lowest BCUT2D eigenvalue weighted by Crippen LogP contribution is -2.53. The molecule has 0 aromatic heterocycles. The van der Waals surface area contributed by atoms with Crippen molar-refractivity contribution in [3.05, 3.63) is 90.2 Å². The molecule has 0 radical (unpaired) electrons. The Kier molecular flexibility index (Phi) is 7.43. The molecule has 3 aromatic carbocycles. The van der Waals surface area contributed by atoms with E-state index < -0.39 is 38.3 Å². The third kappa shape index (κ3) is 5.43. The van der Waals surface area contributed by atoms with Crippen LogP contribution in [0.25, 0.3) is 0 Å². The first-order chi connectivity index (χ1) is 17.1. The third-order valence-corrected chi connectivity index (χ3v) is 9.68. The largest absolute Gasteiger partial charge is 0.338 e. The molecule has 0 bridgehead atoms. The van der Waals surface area contributed by atoms with Crippen LogP contribution >= 0.6 is 0 Å². The first-order valence-corrected chi connectivity index (χ1v) is 14.1. The minimum absolute atomic E-state index is 0.0952. The molecule has 1 aliphatic heterocycles. The van der Waals surface area contributed by atoms with E-state index >= 15 is 0 Å². The van der Waals surface area contributed by atoms with Crippen molar-refractivity contribution in [2.24, 2.45) is 0 Å². The Bertz CT molecular complexity index is 1420. The zero-order valence-corrected chi connectivity index (χ0v) is 21.3. The Morgan fingerprint density at radius 2 is 1.36 bits per heavy atom. The summed E-state index contributed by atoms with van der Waals surface area (Å²) in [4.78, 5) is 14.7. The van der Waals surface area contributed by atoms with Crippen molar-refractivity contribution in [1.82, 2.24) is 9.21 Å². The molecule has 0 unspecified atom stereocenters. The zero-order chi connectivity index (χ0) is 25.9. The molecule has 1 fully saturated rings. The highest BCUT2D eigenvalue weighted by molar-refractivity contribution is 7.92. The predicted molar refractivity (Wildman–Crippen MR) is 134 cm³/mol. The molecule has 0 aliphatic carbocycles. The van der Waals surface area contributed by atoms with Crippen molar-refractivity contribution < 1.29 is 26.0 Å². The monoisotopic (exact) mass is 531 g/mol. The van der Waals surface area contributed by atoms with Crippen molar-refractivity contribution in [3.8, 4) is 0 Å². The lowest BCUT2D eigenvalue weighted by molar-refractivity contribution is -0.130. The number of hydrogen-bond acceptors (Lipinski definition) is 5. The Hall–Kier alpha value is -3.28. The van der Waals surface area contributed by atoms with Crippen LogP contribution in [0.2, 0.25) is 0 Å². The summed E-state index contributed by atoms with van der Waals surface area (Å²) in [6, 6.07) is 19.1. The maximum atomic E-state index is 13.4. The molecule has 3 aromatic rings. The maximum absolute atomic E-state index is 13.4. The van der Waals surface area contributed by atoms with Gasteiger partial charge in [0.15, 0.2) is 0 Å². The quantitative estimate of drug-likeness (QED) is 0.467. The highest BCUT2D eigenvalue weighted by Crippen LogP contribution is 2.24. The summed E-state index contributed by atoms with van der Waals surface area (Å²) in [6.07, 6.45) is 0. The van der Waals surface area contributed by atoms with Gasteiger partial charge in [0.05, 0.1) is 15.5 Å². The van der Waals surface area contributed by atoms with Crippen LogP contribution in [-0.2, 0) is 24.8 Å². The summed E-state index contributed by atoms with van der Waals surface area (Å²) in [5, 5.41) is 0. The number of nitrogens with zero attached hydrogens (tertiary/aromatic N) is 3. The molecule has 8 nitrogen and oxygen atoms in total. The van der Waals surface area contributed by atoms with Crippen molar-refractivity contribution in [3.63, 3.8) is 0 Å². The summed E-state index contributed by atoms with van der Waals surface area (Å²) in [5.74, 6) is -1.04. The summed E-state index contributed by atoms with van der Waals surface area (Å²) < 4.78 is 68.3. The molecule has 1 aliphatic rings. The van der Waals surface area contributed by atoms with E-state index in [1.807, 2.05) is 6.92 Å². The van der Waals surface area contributed by atoms with Gasteiger partial charge >= 0.3 is 0 Å². The predicted octanol–water partition coefficient (Wildman–Crippen LogP) is 2.86. The van der Waals surface area contributed by atoms with E-state index in [1.54, 1.807) is 54.6 Å². The Morgan fingerprint density at radius 1 is 0.806 bits per heavy atom. The summed E-state index contributed by atoms with van der Waals surface area (Å²) >= 11 is 0. The van der Waals surface area contributed by atoms with Crippen LogP contribution in [0, 0.1) is 12.7 Å². The summed E-state index contributed by atoms with van der Waals surface area (Å²) in [7, 11) is -7.86. The molecule has 4 rings (SSSR count). The summed E-state index contributed by atoms with van der Waals surface area (Å²) in [5.41, 5.74) is 1.23. The van der Waals surface area contributed by atoms with Gasteiger partial charge in [-0.05, 0) is 55.5 Å². The molecule has 36 heavy (non-hydrogen) atoms. The van der Waals surface area contributed by atoms with Crippen LogP contribution in [0.15, 0.2) is 88.7 Å². The van der Waals surface area contributed by atoms with Crippen LogP contribution in [0.1, 0.15) is 5.56 Å². The number of halogens is 1. The van der Waals surface area contributed by atoms with E-state index in [2.05, 4.69) is 0 Å². The second-order valence-corrected chi connectivity index (χ2v) is 12.2. The number of benzene rings is 3. The van der Waals surface area contributed by atoms with Gasteiger partial charge in [0.25, 0.3) is 10.0 Å². The number of sulfonamides is 2. The van der Waals surface area contributed by atoms with E-state index in [1.165, 1.54) is 9.21 Å². The van der Waals surface area contributed by atoms with Crippen molar-refractivity contribution in [1.29, 1.82) is 0 Å². The highest BCUT2D eigenvalue weighted by atomic mass is 32.2. The van der Waals surface area contributed by atoms with Crippen LogP contribution in [0.3, 0.4) is 0 Å². The fourth-order valence-electron chi connectivity index (χ4n) is 3.90. The molecular formula is C25H26FN3O5S2. The van der Waals surface area contributed by atoms with E-state index in [0.717, 1.165) is 34.1 Å². The number of carbonyl (C=O) groups is 1. The second-order valence-electron chi connectivity index (χ2n) is 8.40. The lowest BCUT2D eigenvalue weighted by Gasteiger charge is -2.35. The van der Waals surface area contributed by atoms with Gasteiger partial charge in [0.2, 0.25) is 15.9 Å². The molecule has 1 saturated heterocycles. The fraction of sp³-hybridized carbons (Fsp3) is 0.240. The number of hydrogen-bond donors (Lipinski definition) is 0. The van der Waals surface area contributed by atoms with Crippen molar-refractivity contribution in [2.75, 3.05) is 37.0 Å². The van der Waals surface area contributed by atoms with Gasteiger partial charge in [-0.3, -0.25) is 9.10 Å². The van der Waals surface area contributed by atoms with Crippen molar-refractivity contribution >= 4 is 31.6 Å². The van der Waals surface area contributed by atoms with Crippen LogP contribution < -0.4 is 4.31 Å². The number of amides is 1. The molecule has 11 heteroatoms. The van der Waals surface area contributed by atoms with Gasteiger partial charge < -0.3 is 4.90 Å².